The molecule has 5 heteroatoms. The minimum atomic E-state index is -1.27. The number of aromatic carboxylic acids is 1. The second kappa shape index (κ2) is 5.92. The highest BCUT2D eigenvalue weighted by Gasteiger charge is 2.10. The Kier molecular flexibility index (Phi) is 4.25. The highest BCUT2D eigenvalue weighted by molar-refractivity contribution is 6.31. The molecule has 0 aromatic heterocycles. The van der Waals surface area contributed by atoms with Crippen molar-refractivity contribution in [1.82, 2.24) is 0 Å². The third-order valence-corrected chi connectivity index (χ3v) is 3.34. The SMILES string of the molecule is Cc1ccc(NCc2ccc(C(=O)O)c(F)c2)cc1Cl. The molecule has 0 aliphatic rings. The van der Waals surface area contributed by atoms with E-state index in [4.69, 9.17) is 16.7 Å². The Morgan fingerprint density at radius 3 is 2.65 bits per heavy atom. The molecule has 0 saturated carbocycles. The summed E-state index contributed by atoms with van der Waals surface area (Å²) in [7, 11) is 0. The van der Waals surface area contributed by atoms with E-state index in [1.807, 2.05) is 19.1 Å². The molecule has 0 saturated heterocycles. The molecule has 0 atom stereocenters. The Morgan fingerprint density at radius 1 is 1.30 bits per heavy atom. The normalized spacial score (nSPS) is 10.3. The van der Waals surface area contributed by atoms with E-state index in [0.29, 0.717) is 17.1 Å². The first-order valence-corrected chi connectivity index (χ1v) is 6.37. The summed E-state index contributed by atoms with van der Waals surface area (Å²) in [4.78, 5) is 10.7. The Hall–Kier alpha value is -2.07. The summed E-state index contributed by atoms with van der Waals surface area (Å²) in [6.45, 7) is 2.29. The molecule has 0 radical (unpaired) electrons. The van der Waals surface area contributed by atoms with Crippen LogP contribution in [0.1, 0.15) is 21.5 Å². The van der Waals surface area contributed by atoms with Gasteiger partial charge in [-0.15, -0.1) is 0 Å². The molecule has 0 heterocycles. The van der Waals surface area contributed by atoms with Gasteiger partial charge >= 0.3 is 5.97 Å². The molecule has 0 unspecified atom stereocenters. The fourth-order valence-electron chi connectivity index (χ4n) is 1.75. The number of carbonyl (C=O) groups is 1. The fourth-order valence-corrected chi connectivity index (χ4v) is 1.93. The summed E-state index contributed by atoms with van der Waals surface area (Å²) in [5.74, 6) is -2.01. The lowest BCUT2D eigenvalue weighted by Crippen LogP contribution is -2.04. The standard InChI is InChI=1S/C15H13ClFNO2/c1-9-2-4-11(7-13(9)16)18-8-10-3-5-12(15(19)20)14(17)6-10/h2-7,18H,8H2,1H3,(H,19,20). The topological polar surface area (TPSA) is 49.3 Å². The summed E-state index contributed by atoms with van der Waals surface area (Å²) in [6.07, 6.45) is 0. The molecule has 2 aromatic carbocycles. The second-order valence-corrected chi connectivity index (χ2v) is 4.84. The number of benzene rings is 2. The van der Waals surface area contributed by atoms with Gasteiger partial charge in [0.2, 0.25) is 0 Å². The fraction of sp³-hybridized carbons (Fsp3) is 0.133. The quantitative estimate of drug-likeness (QED) is 0.892. The van der Waals surface area contributed by atoms with E-state index in [9.17, 15) is 9.18 Å². The molecular weight excluding hydrogens is 281 g/mol. The van der Waals surface area contributed by atoms with Crippen LogP contribution in [0.4, 0.5) is 10.1 Å². The van der Waals surface area contributed by atoms with Crippen LogP contribution < -0.4 is 5.32 Å². The first-order chi connectivity index (χ1) is 9.47. The molecule has 2 aromatic rings. The minimum absolute atomic E-state index is 0.327. The average Bonchev–Trinajstić information content (AvgIpc) is 2.40. The van der Waals surface area contributed by atoms with E-state index in [2.05, 4.69) is 5.32 Å². The molecular formula is C15H13ClFNO2. The van der Waals surface area contributed by atoms with Crippen LogP contribution in [0.25, 0.3) is 0 Å². The average molecular weight is 294 g/mol. The minimum Gasteiger partial charge on any atom is -0.478 e. The molecule has 0 fully saturated rings. The second-order valence-electron chi connectivity index (χ2n) is 4.44. The van der Waals surface area contributed by atoms with Crippen molar-refractivity contribution in [3.63, 3.8) is 0 Å². The van der Waals surface area contributed by atoms with Gasteiger partial charge in [-0.1, -0.05) is 23.7 Å². The van der Waals surface area contributed by atoms with E-state index in [1.165, 1.54) is 12.1 Å². The number of halogens is 2. The van der Waals surface area contributed by atoms with Crippen LogP contribution in [-0.2, 0) is 6.54 Å². The lowest BCUT2D eigenvalue weighted by atomic mass is 10.1. The monoisotopic (exact) mass is 293 g/mol. The van der Waals surface area contributed by atoms with Crippen molar-refractivity contribution in [2.75, 3.05) is 5.32 Å². The van der Waals surface area contributed by atoms with Crippen LogP contribution in [0.3, 0.4) is 0 Å². The maximum atomic E-state index is 13.5. The van der Waals surface area contributed by atoms with Gasteiger partial charge < -0.3 is 10.4 Å². The predicted molar refractivity (Wildman–Crippen MR) is 76.9 cm³/mol. The Labute approximate surface area is 121 Å². The molecule has 20 heavy (non-hydrogen) atoms. The van der Waals surface area contributed by atoms with E-state index >= 15 is 0 Å². The largest absolute Gasteiger partial charge is 0.478 e. The maximum Gasteiger partial charge on any atom is 0.338 e. The van der Waals surface area contributed by atoms with Crippen molar-refractivity contribution in [1.29, 1.82) is 0 Å². The zero-order valence-corrected chi connectivity index (χ0v) is 11.5. The maximum absolute atomic E-state index is 13.5. The molecule has 2 N–H and O–H groups in total. The summed E-state index contributed by atoms with van der Waals surface area (Å²) < 4.78 is 13.5. The van der Waals surface area contributed by atoms with Crippen LogP contribution in [0, 0.1) is 12.7 Å². The number of aryl methyl sites for hydroxylation is 1. The molecule has 0 amide bonds. The van der Waals surface area contributed by atoms with Gasteiger partial charge in [-0.3, -0.25) is 0 Å². The molecule has 0 aliphatic heterocycles. The number of hydrogen-bond donors (Lipinski definition) is 2. The zero-order valence-electron chi connectivity index (χ0n) is 10.8. The molecule has 3 nitrogen and oxygen atoms in total. The van der Waals surface area contributed by atoms with Gasteiger partial charge in [-0.2, -0.15) is 0 Å². The van der Waals surface area contributed by atoms with Crippen LogP contribution in [-0.4, -0.2) is 11.1 Å². The van der Waals surface area contributed by atoms with Crippen LogP contribution in [0.2, 0.25) is 5.02 Å². The van der Waals surface area contributed by atoms with Crippen LogP contribution in [0.15, 0.2) is 36.4 Å². The van der Waals surface area contributed by atoms with Crippen molar-refractivity contribution in [2.45, 2.75) is 13.5 Å². The number of carboxylic acid groups (broad SMARTS) is 1. The van der Waals surface area contributed by atoms with Gasteiger partial charge in [0.15, 0.2) is 0 Å². The van der Waals surface area contributed by atoms with Crippen LogP contribution >= 0.6 is 11.6 Å². The Bertz CT molecular complexity index is 658. The van der Waals surface area contributed by atoms with Gasteiger partial charge in [0.1, 0.15) is 5.82 Å². The number of rotatable bonds is 4. The van der Waals surface area contributed by atoms with Crippen molar-refractivity contribution >= 4 is 23.3 Å². The van der Waals surface area contributed by atoms with Gasteiger partial charge in [-0.25, -0.2) is 9.18 Å². The van der Waals surface area contributed by atoms with Gasteiger partial charge in [-0.05, 0) is 42.3 Å². The summed E-state index contributed by atoms with van der Waals surface area (Å²) in [5, 5.41) is 12.5. The number of carboxylic acids is 1. The molecule has 0 aliphatic carbocycles. The third kappa shape index (κ3) is 3.27. The third-order valence-electron chi connectivity index (χ3n) is 2.93. The van der Waals surface area contributed by atoms with Crippen molar-refractivity contribution < 1.29 is 14.3 Å². The molecule has 0 bridgehead atoms. The number of nitrogens with one attached hydrogen (secondary N) is 1. The summed E-state index contributed by atoms with van der Waals surface area (Å²) in [6, 6.07) is 9.61. The van der Waals surface area contributed by atoms with Gasteiger partial charge in [0, 0.05) is 17.3 Å². The summed E-state index contributed by atoms with van der Waals surface area (Å²) in [5.41, 5.74) is 2.13. The highest BCUT2D eigenvalue weighted by atomic mass is 35.5. The molecule has 0 spiro atoms. The van der Waals surface area contributed by atoms with Crippen LogP contribution in [0.5, 0.6) is 0 Å². The van der Waals surface area contributed by atoms with E-state index < -0.39 is 11.8 Å². The van der Waals surface area contributed by atoms with Gasteiger partial charge in [0.05, 0.1) is 5.56 Å². The molecule has 2 rings (SSSR count). The van der Waals surface area contributed by atoms with E-state index in [0.717, 1.165) is 11.3 Å². The first kappa shape index (κ1) is 14.3. The molecule has 104 valence electrons. The number of anilines is 1. The van der Waals surface area contributed by atoms with Crippen molar-refractivity contribution in [3.8, 4) is 0 Å². The first-order valence-electron chi connectivity index (χ1n) is 5.99. The zero-order chi connectivity index (χ0) is 14.7. The van der Waals surface area contributed by atoms with Crippen molar-refractivity contribution in [3.05, 3.63) is 63.9 Å². The predicted octanol–water partition coefficient (Wildman–Crippen LogP) is 4.10. The van der Waals surface area contributed by atoms with Crippen molar-refractivity contribution in [2.24, 2.45) is 0 Å². The highest BCUT2D eigenvalue weighted by Crippen LogP contribution is 2.20. The Morgan fingerprint density at radius 2 is 2.05 bits per heavy atom. The number of hydrogen-bond acceptors (Lipinski definition) is 2. The van der Waals surface area contributed by atoms with Gasteiger partial charge in [0.25, 0.3) is 0 Å². The summed E-state index contributed by atoms with van der Waals surface area (Å²) >= 11 is 6.01. The Balaban J connectivity index is 2.09. The smallest absolute Gasteiger partial charge is 0.338 e. The van der Waals surface area contributed by atoms with E-state index in [-0.39, 0.29) is 5.56 Å². The lowest BCUT2D eigenvalue weighted by Gasteiger charge is -2.09. The van der Waals surface area contributed by atoms with E-state index in [1.54, 1.807) is 12.1 Å². The lowest BCUT2D eigenvalue weighted by molar-refractivity contribution is 0.0692.